The summed E-state index contributed by atoms with van der Waals surface area (Å²) in [5.41, 5.74) is 1.71. The summed E-state index contributed by atoms with van der Waals surface area (Å²) in [6.07, 6.45) is 3.73. The number of carbonyl (C=O) groups excluding carboxylic acids is 1. The number of aryl methyl sites for hydroxylation is 1. The molecule has 1 amide bonds. The molecule has 4 rings (SSSR count). The lowest BCUT2D eigenvalue weighted by atomic mass is 9.86. The number of hydrogen-bond donors (Lipinski definition) is 2. The van der Waals surface area contributed by atoms with Crippen LogP contribution in [0.2, 0.25) is 0 Å². The average Bonchev–Trinajstić information content (AvgIpc) is 3.27. The van der Waals surface area contributed by atoms with E-state index in [0.717, 1.165) is 17.0 Å². The van der Waals surface area contributed by atoms with Gasteiger partial charge in [0.15, 0.2) is 0 Å². The van der Waals surface area contributed by atoms with Crippen LogP contribution in [0.3, 0.4) is 0 Å². The number of carbonyl (C=O) groups is 1. The normalized spacial score (nSPS) is 21.0. The summed E-state index contributed by atoms with van der Waals surface area (Å²) in [4.78, 5) is 17.9. The van der Waals surface area contributed by atoms with Crippen molar-refractivity contribution in [3.8, 4) is 0 Å². The van der Waals surface area contributed by atoms with E-state index < -0.39 is 0 Å². The molecular weight excluding hydrogens is 374 g/mol. The molecule has 9 heteroatoms. The number of anilines is 2. The molecule has 1 aromatic carbocycles. The highest BCUT2D eigenvalue weighted by atomic mass is 32.2. The van der Waals surface area contributed by atoms with Crippen molar-refractivity contribution in [1.29, 1.82) is 0 Å². The predicted molar refractivity (Wildman–Crippen MR) is 109 cm³/mol. The highest BCUT2D eigenvalue weighted by Crippen LogP contribution is 2.37. The minimum atomic E-state index is -0.377. The molecule has 1 aliphatic rings. The Morgan fingerprint density at radius 2 is 2.11 bits per heavy atom. The van der Waals surface area contributed by atoms with Gasteiger partial charge in [-0.3, -0.25) is 9.48 Å². The van der Waals surface area contributed by atoms with Gasteiger partial charge in [0.05, 0.1) is 18.2 Å². The molecule has 0 radical (unpaired) electrons. The molecule has 3 atom stereocenters. The number of aromatic nitrogens is 5. The fraction of sp³-hybridized carbons (Fsp3) is 0.368. The van der Waals surface area contributed by atoms with Crippen LogP contribution in [0.4, 0.5) is 11.6 Å². The number of thioether (sulfide) groups is 1. The molecule has 28 heavy (non-hydrogen) atoms. The highest BCUT2D eigenvalue weighted by Gasteiger charge is 2.42. The summed E-state index contributed by atoms with van der Waals surface area (Å²) in [5.74, 6) is 1.12. The molecule has 0 spiro atoms. The molecule has 2 N–H and O–H groups in total. The molecule has 8 nitrogen and oxygen atoms in total. The van der Waals surface area contributed by atoms with Gasteiger partial charge >= 0.3 is 0 Å². The van der Waals surface area contributed by atoms with Crippen LogP contribution in [0, 0.1) is 5.92 Å². The lowest BCUT2D eigenvalue weighted by Crippen LogP contribution is -2.46. The number of para-hydroxylation sites is 1. The Balaban J connectivity index is 1.73. The molecule has 0 saturated heterocycles. The van der Waals surface area contributed by atoms with Crippen molar-refractivity contribution in [1.82, 2.24) is 24.5 Å². The Hall–Kier alpha value is -2.81. The van der Waals surface area contributed by atoms with Crippen LogP contribution in [0.1, 0.15) is 25.5 Å². The summed E-state index contributed by atoms with van der Waals surface area (Å²) < 4.78 is 3.57. The second kappa shape index (κ2) is 7.67. The van der Waals surface area contributed by atoms with Crippen LogP contribution in [-0.4, -0.2) is 42.2 Å². The molecule has 3 unspecified atom stereocenters. The van der Waals surface area contributed by atoms with Gasteiger partial charge in [-0.15, -0.1) is 5.10 Å². The quantitative estimate of drug-likeness (QED) is 0.644. The van der Waals surface area contributed by atoms with Gasteiger partial charge in [-0.05, 0) is 24.8 Å². The summed E-state index contributed by atoms with van der Waals surface area (Å²) >= 11 is 1.58. The zero-order valence-corrected chi connectivity index (χ0v) is 16.8. The third-order valence-corrected chi connectivity index (χ3v) is 5.51. The first kappa shape index (κ1) is 18.5. The van der Waals surface area contributed by atoms with Crippen molar-refractivity contribution >= 4 is 29.3 Å². The minimum Gasteiger partial charge on any atom is -0.351 e. The van der Waals surface area contributed by atoms with Gasteiger partial charge in [-0.25, -0.2) is 4.68 Å². The van der Waals surface area contributed by atoms with Crippen LogP contribution >= 0.6 is 11.8 Å². The number of fused-ring (bicyclic) bond motifs is 1. The van der Waals surface area contributed by atoms with Crippen LogP contribution < -0.4 is 10.6 Å². The Labute approximate surface area is 167 Å². The summed E-state index contributed by atoms with van der Waals surface area (Å²) in [6, 6.07) is 9.09. The van der Waals surface area contributed by atoms with Crippen molar-refractivity contribution in [3.05, 3.63) is 48.3 Å². The van der Waals surface area contributed by atoms with Gasteiger partial charge in [-0.2, -0.15) is 10.1 Å². The lowest BCUT2D eigenvalue weighted by Gasteiger charge is -2.36. The highest BCUT2D eigenvalue weighted by molar-refractivity contribution is 7.99. The van der Waals surface area contributed by atoms with Crippen LogP contribution in [0.5, 0.6) is 0 Å². The van der Waals surface area contributed by atoms with E-state index in [1.807, 2.05) is 55.2 Å². The van der Waals surface area contributed by atoms with E-state index in [4.69, 9.17) is 0 Å². The number of hydrogen-bond acceptors (Lipinski definition) is 6. The zero-order chi connectivity index (χ0) is 19.7. The van der Waals surface area contributed by atoms with Gasteiger partial charge in [-0.1, -0.05) is 36.9 Å². The van der Waals surface area contributed by atoms with Gasteiger partial charge in [0, 0.05) is 30.5 Å². The van der Waals surface area contributed by atoms with E-state index in [1.54, 1.807) is 22.6 Å². The minimum absolute atomic E-state index is 0.0640. The van der Waals surface area contributed by atoms with Crippen molar-refractivity contribution in [2.75, 3.05) is 16.4 Å². The first-order chi connectivity index (χ1) is 13.6. The van der Waals surface area contributed by atoms with Crippen molar-refractivity contribution in [2.24, 2.45) is 13.0 Å². The number of nitrogens with zero attached hydrogens (tertiary/aromatic N) is 5. The second-order valence-electron chi connectivity index (χ2n) is 6.80. The van der Waals surface area contributed by atoms with Crippen molar-refractivity contribution in [3.63, 3.8) is 0 Å². The second-order valence-corrected chi connectivity index (χ2v) is 8.03. The van der Waals surface area contributed by atoms with E-state index in [0.29, 0.717) is 11.1 Å². The first-order valence-electron chi connectivity index (χ1n) is 9.27. The fourth-order valence-corrected chi connectivity index (χ4v) is 4.12. The van der Waals surface area contributed by atoms with E-state index in [9.17, 15) is 4.79 Å². The molecule has 0 aliphatic carbocycles. The van der Waals surface area contributed by atoms with E-state index in [-0.39, 0.29) is 23.9 Å². The molecule has 0 bridgehead atoms. The molecular formula is C19H23N7OS. The smallest absolute Gasteiger partial charge is 0.232 e. The number of nitrogens with one attached hydrogen (secondary N) is 2. The average molecular weight is 398 g/mol. The fourth-order valence-electron chi connectivity index (χ4n) is 3.56. The maximum atomic E-state index is 13.3. The Morgan fingerprint density at radius 3 is 2.79 bits per heavy atom. The zero-order valence-electron chi connectivity index (χ0n) is 16.0. The molecule has 0 saturated carbocycles. The monoisotopic (exact) mass is 397 g/mol. The Kier molecular flexibility index (Phi) is 5.08. The third-order valence-electron chi connectivity index (χ3n) is 4.79. The van der Waals surface area contributed by atoms with E-state index in [1.165, 1.54) is 0 Å². The summed E-state index contributed by atoms with van der Waals surface area (Å²) in [5, 5.41) is 16.1. The SMILES string of the molecule is CCSc1nc2n(n1)C(c1cnn(C)c1)C(C(=O)Nc1ccccc1)C(C)N2. The Morgan fingerprint density at radius 1 is 1.32 bits per heavy atom. The molecule has 146 valence electrons. The van der Waals surface area contributed by atoms with Crippen LogP contribution in [-0.2, 0) is 11.8 Å². The standard InChI is InChI=1S/C19H23N7OS/c1-4-28-19-23-18-21-12(2)15(17(27)22-14-8-6-5-7-9-14)16(26(18)24-19)13-10-20-25(3)11-13/h5-12,15-16H,4H2,1-3H3,(H,22,27)(H,21,23,24). The molecule has 3 aromatic rings. The summed E-state index contributed by atoms with van der Waals surface area (Å²) in [7, 11) is 1.87. The largest absolute Gasteiger partial charge is 0.351 e. The maximum absolute atomic E-state index is 13.3. The summed E-state index contributed by atoms with van der Waals surface area (Å²) in [6.45, 7) is 4.07. The molecule has 0 fully saturated rings. The first-order valence-corrected chi connectivity index (χ1v) is 10.3. The van der Waals surface area contributed by atoms with Crippen molar-refractivity contribution < 1.29 is 4.79 Å². The van der Waals surface area contributed by atoms with E-state index in [2.05, 4.69) is 32.7 Å². The predicted octanol–water partition coefficient (Wildman–Crippen LogP) is 2.78. The van der Waals surface area contributed by atoms with Gasteiger partial charge in [0.1, 0.15) is 0 Å². The van der Waals surface area contributed by atoms with Gasteiger partial charge in [0.25, 0.3) is 0 Å². The third kappa shape index (κ3) is 3.49. The number of amides is 1. The van der Waals surface area contributed by atoms with Crippen LogP contribution in [0.15, 0.2) is 47.9 Å². The molecule has 2 aromatic heterocycles. The lowest BCUT2D eigenvalue weighted by molar-refractivity contribution is -0.121. The number of rotatable bonds is 5. The Bertz CT molecular complexity index is 968. The van der Waals surface area contributed by atoms with Gasteiger partial charge in [0.2, 0.25) is 17.0 Å². The number of benzene rings is 1. The van der Waals surface area contributed by atoms with Crippen molar-refractivity contribution in [2.45, 2.75) is 31.1 Å². The maximum Gasteiger partial charge on any atom is 0.232 e. The molecule has 1 aliphatic heterocycles. The topological polar surface area (TPSA) is 89.7 Å². The van der Waals surface area contributed by atoms with Gasteiger partial charge < -0.3 is 10.6 Å². The van der Waals surface area contributed by atoms with E-state index >= 15 is 0 Å². The van der Waals surface area contributed by atoms with Crippen LogP contribution in [0.25, 0.3) is 0 Å². The molecule has 3 heterocycles.